The molecule has 0 unspecified atom stereocenters. The van der Waals surface area contributed by atoms with Crippen molar-refractivity contribution in [3.8, 4) is 0 Å². The third-order valence-electron chi connectivity index (χ3n) is 2.93. The summed E-state index contributed by atoms with van der Waals surface area (Å²) in [6.45, 7) is 7.04. The van der Waals surface area contributed by atoms with Crippen molar-refractivity contribution in [1.29, 1.82) is 0 Å². The zero-order valence-corrected chi connectivity index (χ0v) is 10.6. The maximum atomic E-state index is 4.47. The standard InChI is InChI=1S/C15H18N2/c1-11-7-8-14(9-12(11)2)16-10-15-6-4-5-13(3)17-15/h4-9,16H,10H2,1-3H3. The van der Waals surface area contributed by atoms with Crippen molar-refractivity contribution in [1.82, 2.24) is 4.98 Å². The number of anilines is 1. The summed E-state index contributed by atoms with van der Waals surface area (Å²) in [6.07, 6.45) is 0. The average molecular weight is 226 g/mol. The maximum absolute atomic E-state index is 4.47. The Balaban J connectivity index is 2.05. The highest BCUT2D eigenvalue weighted by Gasteiger charge is 1.98. The number of nitrogens with zero attached hydrogens (tertiary/aromatic N) is 1. The van der Waals surface area contributed by atoms with Crippen LogP contribution in [-0.4, -0.2) is 4.98 Å². The number of pyridine rings is 1. The second-order valence-electron chi connectivity index (χ2n) is 4.42. The molecule has 1 aromatic carbocycles. The van der Waals surface area contributed by atoms with E-state index in [9.17, 15) is 0 Å². The van der Waals surface area contributed by atoms with Gasteiger partial charge in [0.1, 0.15) is 0 Å². The van der Waals surface area contributed by atoms with E-state index in [1.165, 1.54) is 11.1 Å². The summed E-state index contributed by atoms with van der Waals surface area (Å²) in [5.41, 5.74) is 5.92. The van der Waals surface area contributed by atoms with Crippen LogP contribution in [0.3, 0.4) is 0 Å². The fourth-order valence-corrected chi connectivity index (χ4v) is 1.74. The Kier molecular flexibility index (Phi) is 3.43. The molecule has 2 rings (SSSR count). The van der Waals surface area contributed by atoms with Crippen molar-refractivity contribution in [2.24, 2.45) is 0 Å². The van der Waals surface area contributed by atoms with Gasteiger partial charge in [0.2, 0.25) is 0 Å². The van der Waals surface area contributed by atoms with E-state index < -0.39 is 0 Å². The SMILES string of the molecule is Cc1cccc(CNc2ccc(C)c(C)c2)n1. The maximum Gasteiger partial charge on any atom is 0.0597 e. The third-order valence-corrected chi connectivity index (χ3v) is 2.93. The van der Waals surface area contributed by atoms with E-state index in [2.05, 4.69) is 42.3 Å². The highest BCUT2D eigenvalue weighted by atomic mass is 14.9. The molecule has 1 N–H and O–H groups in total. The first-order valence-electron chi connectivity index (χ1n) is 5.89. The lowest BCUT2D eigenvalue weighted by Gasteiger charge is -2.08. The number of benzene rings is 1. The predicted molar refractivity (Wildman–Crippen MR) is 72.2 cm³/mol. The highest BCUT2D eigenvalue weighted by Crippen LogP contribution is 2.14. The first kappa shape index (κ1) is 11.6. The zero-order chi connectivity index (χ0) is 12.3. The monoisotopic (exact) mass is 226 g/mol. The van der Waals surface area contributed by atoms with E-state index in [-0.39, 0.29) is 0 Å². The number of hydrogen-bond donors (Lipinski definition) is 1. The minimum atomic E-state index is 0.768. The van der Waals surface area contributed by atoms with E-state index in [1.54, 1.807) is 0 Å². The summed E-state index contributed by atoms with van der Waals surface area (Å²) in [6, 6.07) is 12.5. The van der Waals surface area contributed by atoms with Crippen LogP contribution in [0.1, 0.15) is 22.5 Å². The summed E-state index contributed by atoms with van der Waals surface area (Å²) in [5.74, 6) is 0. The van der Waals surface area contributed by atoms with Gasteiger partial charge in [-0.25, -0.2) is 0 Å². The van der Waals surface area contributed by atoms with Gasteiger partial charge in [-0.05, 0) is 56.2 Å². The van der Waals surface area contributed by atoms with Gasteiger partial charge >= 0.3 is 0 Å². The van der Waals surface area contributed by atoms with Gasteiger partial charge < -0.3 is 5.32 Å². The van der Waals surface area contributed by atoms with Crippen molar-refractivity contribution in [3.05, 3.63) is 58.9 Å². The van der Waals surface area contributed by atoms with Crippen LogP contribution in [-0.2, 0) is 6.54 Å². The summed E-state index contributed by atoms with van der Waals surface area (Å²) >= 11 is 0. The van der Waals surface area contributed by atoms with Crippen LogP contribution < -0.4 is 5.32 Å². The number of hydrogen-bond acceptors (Lipinski definition) is 2. The summed E-state index contributed by atoms with van der Waals surface area (Å²) in [7, 11) is 0. The highest BCUT2D eigenvalue weighted by molar-refractivity contribution is 5.48. The summed E-state index contributed by atoms with van der Waals surface area (Å²) in [5, 5.41) is 3.39. The molecule has 0 spiro atoms. The van der Waals surface area contributed by atoms with Gasteiger partial charge in [-0.1, -0.05) is 12.1 Å². The number of aryl methyl sites for hydroxylation is 3. The second-order valence-corrected chi connectivity index (χ2v) is 4.42. The van der Waals surface area contributed by atoms with Crippen LogP contribution in [0.5, 0.6) is 0 Å². The lowest BCUT2D eigenvalue weighted by Crippen LogP contribution is -2.02. The number of nitrogens with one attached hydrogen (secondary N) is 1. The van der Waals surface area contributed by atoms with Crippen molar-refractivity contribution in [2.45, 2.75) is 27.3 Å². The normalized spacial score (nSPS) is 10.3. The van der Waals surface area contributed by atoms with Crippen molar-refractivity contribution in [2.75, 3.05) is 5.32 Å². The van der Waals surface area contributed by atoms with Gasteiger partial charge in [0.05, 0.1) is 12.2 Å². The zero-order valence-electron chi connectivity index (χ0n) is 10.6. The van der Waals surface area contributed by atoms with Crippen LogP contribution in [0, 0.1) is 20.8 Å². The summed E-state index contributed by atoms with van der Waals surface area (Å²) in [4.78, 5) is 4.47. The molecule has 0 amide bonds. The molecule has 2 heteroatoms. The van der Waals surface area contributed by atoms with Gasteiger partial charge in [-0.15, -0.1) is 0 Å². The Bertz CT molecular complexity index is 518. The minimum absolute atomic E-state index is 0.768. The topological polar surface area (TPSA) is 24.9 Å². The average Bonchev–Trinajstić information content (AvgIpc) is 2.31. The molecule has 0 saturated heterocycles. The molecule has 0 radical (unpaired) electrons. The minimum Gasteiger partial charge on any atom is -0.379 e. The molecular weight excluding hydrogens is 208 g/mol. The van der Waals surface area contributed by atoms with Gasteiger partial charge in [0, 0.05) is 11.4 Å². The molecule has 1 aromatic heterocycles. The molecule has 2 aromatic rings. The lowest BCUT2D eigenvalue weighted by molar-refractivity contribution is 1.01. The van der Waals surface area contributed by atoms with Crippen LogP contribution in [0.4, 0.5) is 5.69 Å². The smallest absolute Gasteiger partial charge is 0.0597 e. The van der Waals surface area contributed by atoms with Crippen LogP contribution in [0.2, 0.25) is 0 Å². The third kappa shape index (κ3) is 3.06. The van der Waals surface area contributed by atoms with Crippen LogP contribution in [0.25, 0.3) is 0 Å². The molecule has 0 saturated carbocycles. The molecule has 0 aliphatic rings. The Hall–Kier alpha value is -1.83. The first-order chi connectivity index (χ1) is 8.15. The fraction of sp³-hybridized carbons (Fsp3) is 0.267. The molecular formula is C15H18N2. The Morgan fingerprint density at radius 2 is 1.82 bits per heavy atom. The van der Waals surface area contributed by atoms with Gasteiger partial charge in [-0.2, -0.15) is 0 Å². The van der Waals surface area contributed by atoms with Crippen molar-refractivity contribution < 1.29 is 0 Å². The molecule has 0 aliphatic carbocycles. The second kappa shape index (κ2) is 5.00. The van der Waals surface area contributed by atoms with Gasteiger partial charge in [-0.3, -0.25) is 4.98 Å². The molecule has 0 fully saturated rings. The first-order valence-corrected chi connectivity index (χ1v) is 5.89. The molecule has 17 heavy (non-hydrogen) atoms. The van der Waals surface area contributed by atoms with Gasteiger partial charge in [0.15, 0.2) is 0 Å². The van der Waals surface area contributed by atoms with E-state index >= 15 is 0 Å². The van der Waals surface area contributed by atoms with Crippen molar-refractivity contribution >= 4 is 5.69 Å². The van der Waals surface area contributed by atoms with Gasteiger partial charge in [0.25, 0.3) is 0 Å². The Morgan fingerprint density at radius 1 is 1.00 bits per heavy atom. The largest absolute Gasteiger partial charge is 0.379 e. The van der Waals surface area contributed by atoms with Crippen LogP contribution >= 0.6 is 0 Å². The number of aromatic nitrogens is 1. The Labute approximate surface area is 103 Å². The van der Waals surface area contributed by atoms with E-state index in [0.717, 1.165) is 23.6 Å². The van der Waals surface area contributed by atoms with Crippen LogP contribution in [0.15, 0.2) is 36.4 Å². The fourth-order valence-electron chi connectivity index (χ4n) is 1.74. The van der Waals surface area contributed by atoms with E-state index in [1.807, 2.05) is 25.1 Å². The molecule has 0 bridgehead atoms. The molecule has 2 nitrogen and oxygen atoms in total. The quantitative estimate of drug-likeness (QED) is 0.864. The molecule has 0 atom stereocenters. The molecule has 88 valence electrons. The van der Waals surface area contributed by atoms with E-state index in [0.29, 0.717) is 0 Å². The van der Waals surface area contributed by atoms with Crippen molar-refractivity contribution in [3.63, 3.8) is 0 Å². The summed E-state index contributed by atoms with van der Waals surface area (Å²) < 4.78 is 0. The Morgan fingerprint density at radius 3 is 2.53 bits per heavy atom. The van der Waals surface area contributed by atoms with E-state index in [4.69, 9.17) is 0 Å². The molecule has 1 heterocycles. The molecule has 0 aliphatic heterocycles. The predicted octanol–water partition coefficient (Wildman–Crippen LogP) is 3.62. The number of rotatable bonds is 3. The lowest BCUT2D eigenvalue weighted by atomic mass is 10.1.